The number of allylic oxidation sites excluding steroid dienone is 1. The highest BCUT2D eigenvalue weighted by Gasteiger charge is 2.21. The molecule has 0 saturated carbocycles. The Labute approximate surface area is 217 Å². The normalized spacial score (nSPS) is 12.2. The summed E-state index contributed by atoms with van der Waals surface area (Å²) in [4.78, 5) is 25.7. The molecule has 5 rings (SSSR count). The number of rotatable bonds is 9. The number of carbonyl (C=O) groups excluding carboxylic acids is 1. The highest BCUT2D eigenvalue weighted by Crippen LogP contribution is 2.35. The molecule has 1 aromatic carbocycles. The molecule has 4 aromatic rings. The van der Waals surface area contributed by atoms with Crippen molar-refractivity contribution in [1.82, 2.24) is 19.7 Å². The van der Waals surface area contributed by atoms with Gasteiger partial charge in [-0.25, -0.2) is 9.97 Å². The molecule has 0 spiro atoms. The van der Waals surface area contributed by atoms with Gasteiger partial charge in [-0.3, -0.25) is 9.79 Å². The summed E-state index contributed by atoms with van der Waals surface area (Å²) in [5.41, 5.74) is 1.81. The van der Waals surface area contributed by atoms with Crippen LogP contribution in [0.2, 0.25) is 0 Å². The van der Waals surface area contributed by atoms with Crippen LogP contribution in [0.15, 0.2) is 64.6 Å². The van der Waals surface area contributed by atoms with E-state index in [0.717, 1.165) is 11.1 Å². The van der Waals surface area contributed by atoms with Gasteiger partial charge >= 0.3 is 6.01 Å². The van der Waals surface area contributed by atoms with Gasteiger partial charge in [0, 0.05) is 11.8 Å². The highest BCUT2D eigenvalue weighted by molar-refractivity contribution is 6.04. The number of hydrogen-bond acceptors (Lipinski definition) is 10. The number of nitrogens with one attached hydrogen (secondary N) is 1. The standard InChI is InChI=1S/C26H24N6O6/c1-4-36-22-15-32(26-28-9-10-37-26)31-24(22)25(33)30-23-6-5-17(14-29-23)38-19-7-8-27-13-16-11-20(34-2)21(35-3)12-18(16)19/h5-12,14-15H,4,13H2,1-3H3,(H,29,30,33). The number of methoxy groups -OCH3 is 2. The van der Waals surface area contributed by atoms with E-state index >= 15 is 0 Å². The second kappa shape index (κ2) is 10.9. The van der Waals surface area contributed by atoms with E-state index in [9.17, 15) is 4.79 Å². The van der Waals surface area contributed by atoms with Crippen LogP contribution in [0.25, 0.3) is 11.8 Å². The molecule has 1 aliphatic heterocycles. The Kier molecular flexibility index (Phi) is 7.02. The summed E-state index contributed by atoms with van der Waals surface area (Å²) >= 11 is 0. The van der Waals surface area contributed by atoms with Crippen LogP contribution < -0.4 is 24.3 Å². The third kappa shape index (κ3) is 5.05. The van der Waals surface area contributed by atoms with Gasteiger partial charge in [-0.1, -0.05) is 0 Å². The Hall–Kier alpha value is -5.13. The molecule has 1 N–H and O–H groups in total. The second-order valence-corrected chi connectivity index (χ2v) is 7.85. The largest absolute Gasteiger partial charge is 0.493 e. The molecule has 0 fully saturated rings. The van der Waals surface area contributed by atoms with Crippen molar-refractivity contribution in [2.45, 2.75) is 13.5 Å². The van der Waals surface area contributed by atoms with Crippen molar-refractivity contribution in [1.29, 1.82) is 0 Å². The fraction of sp³-hybridized carbons (Fsp3) is 0.192. The maximum Gasteiger partial charge on any atom is 0.322 e. The molecule has 194 valence electrons. The van der Waals surface area contributed by atoms with Crippen molar-refractivity contribution in [3.8, 4) is 29.0 Å². The van der Waals surface area contributed by atoms with E-state index in [-0.39, 0.29) is 17.5 Å². The molecule has 38 heavy (non-hydrogen) atoms. The molecule has 0 unspecified atom stereocenters. The molecule has 4 heterocycles. The molecule has 12 nitrogen and oxygen atoms in total. The summed E-state index contributed by atoms with van der Waals surface area (Å²) in [7, 11) is 3.16. The number of ether oxygens (including phenoxy) is 4. The van der Waals surface area contributed by atoms with E-state index < -0.39 is 5.91 Å². The summed E-state index contributed by atoms with van der Waals surface area (Å²) in [5, 5.41) is 6.97. The third-order valence-corrected chi connectivity index (χ3v) is 5.48. The van der Waals surface area contributed by atoms with Crippen LogP contribution in [0.5, 0.6) is 23.0 Å². The number of aromatic nitrogens is 4. The van der Waals surface area contributed by atoms with Crippen molar-refractivity contribution in [3.05, 3.63) is 72.0 Å². The van der Waals surface area contributed by atoms with Gasteiger partial charge in [0.2, 0.25) is 0 Å². The molecule has 3 aromatic heterocycles. The number of carbonyl (C=O) groups is 1. The number of benzene rings is 1. The van der Waals surface area contributed by atoms with Crippen LogP contribution in [-0.2, 0) is 6.54 Å². The maximum atomic E-state index is 12.9. The summed E-state index contributed by atoms with van der Waals surface area (Å²) in [6.07, 6.45) is 9.38. The third-order valence-electron chi connectivity index (χ3n) is 5.48. The monoisotopic (exact) mass is 516 g/mol. The molecule has 12 heteroatoms. The van der Waals surface area contributed by atoms with Crippen molar-refractivity contribution >= 4 is 23.7 Å². The summed E-state index contributed by atoms with van der Waals surface area (Å²) in [6, 6.07) is 7.26. The zero-order valence-electron chi connectivity index (χ0n) is 20.9. The first-order valence-corrected chi connectivity index (χ1v) is 11.6. The molecule has 1 amide bonds. The lowest BCUT2D eigenvalue weighted by atomic mass is 10.0. The minimum Gasteiger partial charge on any atom is -0.493 e. The van der Waals surface area contributed by atoms with Crippen LogP contribution in [0.4, 0.5) is 5.82 Å². The Bertz CT molecular complexity index is 1490. The van der Waals surface area contributed by atoms with Crippen molar-refractivity contribution < 1.29 is 28.2 Å². The van der Waals surface area contributed by atoms with Crippen LogP contribution >= 0.6 is 0 Å². The number of aliphatic imine (C=N–C) groups is 1. The number of oxazole rings is 1. The van der Waals surface area contributed by atoms with Gasteiger partial charge in [0.15, 0.2) is 22.9 Å². The smallest absolute Gasteiger partial charge is 0.322 e. The molecule has 0 bridgehead atoms. The number of amides is 1. The first-order valence-electron chi connectivity index (χ1n) is 11.6. The van der Waals surface area contributed by atoms with E-state index in [1.807, 2.05) is 19.1 Å². The summed E-state index contributed by atoms with van der Waals surface area (Å²) in [6.45, 7) is 2.63. The maximum absolute atomic E-state index is 12.9. The Balaban J connectivity index is 1.33. The highest BCUT2D eigenvalue weighted by atomic mass is 16.5. The fourth-order valence-corrected chi connectivity index (χ4v) is 3.75. The van der Waals surface area contributed by atoms with Gasteiger partial charge in [-0.05, 0) is 42.8 Å². The van der Waals surface area contributed by atoms with Crippen LogP contribution in [0, 0.1) is 0 Å². The molecular formula is C26H24N6O6. The minimum atomic E-state index is -0.502. The van der Waals surface area contributed by atoms with E-state index in [1.165, 1.54) is 29.5 Å². The first-order chi connectivity index (χ1) is 18.6. The lowest BCUT2D eigenvalue weighted by molar-refractivity contribution is 0.101. The molecule has 0 saturated heterocycles. The van der Waals surface area contributed by atoms with Crippen LogP contribution in [0.3, 0.4) is 0 Å². The first kappa shape index (κ1) is 24.6. The van der Waals surface area contributed by atoms with E-state index in [1.54, 1.807) is 38.6 Å². The Morgan fingerprint density at radius 2 is 1.97 bits per heavy atom. The summed E-state index contributed by atoms with van der Waals surface area (Å²) < 4.78 is 29.1. The lowest BCUT2D eigenvalue weighted by Gasteiger charge is -2.16. The molecular weight excluding hydrogens is 492 g/mol. The Morgan fingerprint density at radius 3 is 2.68 bits per heavy atom. The average Bonchev–Trinajstić information content (AvgIpc) is 3.58. The number of pyridine rings is 1. The van der Waals surface area contributed by atoms with E-state index in [2.05, 4.69) is 25.4 Å². The predicted octanol–water partition coefficient (Wildman–Crippen LogP) is 3.93. The number of hydrogen-bond donors (Lipinski definition) is 1. The van der Waals surface area contributed by atoms with Gasteiger partial charge in [0.25, 0.3) is 5.91 Å². The summed E-state index contributed by atoms with van der Waals surface area (Å²) in [5.74, 6) is 2.32. The Morgan fingerprint density at radius 1 is 1.13 bits per heavy atom. The number of nitrogens with zero attached hydrogens (tertiary/aromatic N) is 5. The number of anilines is 1. The SMILES string of the molecule is CCOc1cn(-c2ncco2)nc1C(=O)Nc1ccc(OC2=CC=NCc3cc(OC)c(OC)cc32)cn1. The molecule has 0 aliphatic carbocycles. The van der Waals surface area contributed by atoms with Crippen molar-refractivity contribution in [2.24, 2.45) is 4.99 Å². The second-order valence-electron chi connectivity index (χ2n) is 7.85. The topological polar surface area (TPSA) is 135 Å². The van der Waals surface area contributed by atoms with E-state index in [0.29, 0.717) is 42.0 Å². The molecule has 1 aliphatic rings. The number of fused-ring (bicyclic) bond motifs is 1. The molecule has 0 radical (unpaired) electrons. The zero-order valence-corrected chi connectivity index (χ0v) is 20.9. The van der Waals surface area contributed by atoms with Gasteiger partial charge in [0.05, 0.1) is 46.0 Å². The van der Waals surface area contributed by atoms with Gasteiger partial charge < -0.3 is 28.7 Å². The lowest BCUT2D eigenvalue weighted by Crippen LogP contribution is -2.15. The van der Waals surface area contributed by atoms with Crippen molar-refractivity contribution in [3.63, 3.8) is 0 Å². The van der Waals surface area contributed by atoms with Crippen LogP contribution in [-0.4, -0.2) is 52.7 Å². The zero-order chi connectivity index (χ0) is 26.5. The average molecular weight is 517 g/mol. The molecule has 0 atom stereocenters. The minimum absolute atomic E-state index is 0.0658. The van der Waals surface area contributed by atoms with Crippen LogP contribution in [0.1, 0.15) is 28.5 Å². The quantitative estimate of drug-likeness (QED) is 0.351. The fourth-order valence-electron chi connectivity index (χ4n) is 3.75. The van der Waals surface area contributed by atoms with Gasteiger partial charge in [0.1, 0.15) is 23.6 Å². The van der Waals surface area contributed by atoms with Crippen molar-refractivity contribution in [2.75, 3.05) is 26.1 Å². The van der Waals surface area contributed by atoms with E-state index in [4.69, 9.17) is 23.4 Å². The van der Waals surface area contributed by atoms with Gasteiger partial charge in [-0.15, -0.1) is 0 Å². The predicted molar refractivity (Wildman–Crippen MR) is 137 cm³/mol. The van der Waals surface area contributed by atoms with Gasteiger partial charge in [-0.2, -0.15) is 9.78 Å².